The number of halogens is 1. The minimum Gasteiger partial charge on any atom is -0.493 e. The van der Waals surface area contributed by atoms with Gasteiger partial charge in [0.25, 0.3) is 0 Å². The highest BCUT2D eigenvalue weighted by molar-refractivity contribution is 7.99. The van der Waals surface area contributed by atoms with Gasteiger partial charge in [0, 0.05) is 5.56 Å². The molecule has 1 aromatic rings. The summed E-state index contributed by atoms with van der Waals surface area (Å²) in [6.07, 6.45) is 1.09. The maximum absolute atomic E-state index is 5.81. The number of benzene rings is 1. The van der Waals surface area contributed by atoms with Crippen LogP contribution in [0.3, 0.4) is 0 Å². The first-order valence-electron chi connectivity index (χ1n) is 5.23. The lowest BCUT2D eigenvalue weighted by atomic mass is 10.2. The molecule has 0 heterocycles. The maximum atomic E-state index is 5.81. The molecular weight excluding hydrogens is 228 g/mol. The Morgan fingerprint density at radius 3 is 2.87 bits per heavy atom. The molecule has 0 radical (unpaired) electrons. The van der Waals surface area contributed by atoms with Crippen LogP contribution in [0.15, 0.2) is 24.3 Å². The van der Waals surface area contributed by atoms with Crippen LogP contribution in [0.1, 0.15) is 18.9 Å². The van der Waals surface area contributed by atoms with Gasteiger partial charge in [0.15, 0.2) is 0 Å². The van der Waals surface area contributed by atoms with E-state index in [1.54, 1.807) is 0 Å². The van der Waals surface area contributed by atoms with Crippen LogP contribution in [-0.2, 0) is 5.88 Å². The van der Waals surface area contributed by atoms with Gasteiger partial charge in [0.05, 0.1) is 12.5 Å². The second kappa shape index (κ2) is 7.89. The fourth-order valence-electron chi connectivity index (χ4n) is 1.24. The molecular formula is C12H17ClOS. The summed E-state index contributed by atoms with van der Waals surface area (Å²) in [7, 11) is 0. The first kappa shape index (κ1) is 12.7. The van der Waals surface area contributed by atoms with E-state index in [2.05, 4.69) is 6.92 Å². The highest BCUT2D eigenvalue weighted by Gasteiger charge is 2.00. The molecule has 0 amide bonds. The van der Waals surface area contributed by atoms with Crippen LogP contribution in [0, 0.1) is 0 Å². The smallest absolute Gasteiger partial charge is 0.123 e. The Bertz CT molecular complexity index is 278. The van der Waals surface area contributed by atoms with Crippen molar-refractivity contribution in [1.29, 1.82) is 0 Å². The molecule has 0 bridgehead atoms. The Morgan fingerprint density at radius 2 is 2.13 bits per heavy atom. The molecule has 0 fully saturated rings. The number of ether oxygens (including phenoxy) is 1. The van der Waals surface area contributed by atoms with Crippen LogP contribution < -0.4 is 4.74 Å². The zero-order chi connectivity index (χ0) is 10.9. The number of thioether (sulfide) groups is 1. The third-order valence-electron chi connectivity index (χ3n) is 2.01. The van der Waals surface area contributed by atoms with Crippen LogP contribution in [0.4, 0.5) is 0 Å². The molecule has 0 aromatic heterocycles. The quantitative estimate of drug-likeness (QED) is 0.531. The number of alkyl halides is 1. The Hall–Kier alpha value is -0.340. The van der Waals surface area contributed by atoms with Gasteiger partial charge in [-0.3, -0.25) is 0 Å². The van der Waals surface area contributed by atoms with E-state index in [1.165, 1.54) is 11.5 Å². The summed E-state index contributed by atoms with van der Waals surface area (Å²) >= 11 is 7.76. The summed E-state index contributed by atoms with van der Waals surface area (Å²) < 4.78 is 5.68. The Kier molecular flexibility index (Phi) is 6.69. The maximum Gasteiger partial charge on any atom is 0.123 e. The van der Waals surface area contributed by atoms with Gasteiger partial charge < -0.3 is 4.74 Å². The van der Waals surface area contributed by atoms with Crippen LogP contribution >= 0.6 is 23.4 Å². The molecule has 0 aliphatic carbocycles. The van der Waals surface area contributed by atoms with E-state index in [9.17, 15) is 0 Å². The minimum atomic E-state index is 0.514. The van der Waals surface area contributed by atoms with Gasteiger partial charge in [-0.05, 0) is 24.0 Å². The molecule has 1 rings (SSSR count). The van der Waals surface area contributed by atoms with E-state index in [-0.39, 0.29) is 0 Å². The van der Waals surface area contributed by atoms with Crippen molar-refractivity contribution in [2.45, 2.75) is 19.2 Å². The Labute approximate surface area is 101 Å². The molecule has 0 aliphatic heterocycles. The van der Waals surface area contributed by atoms with Crippen LogP contribution in [0.2, 0.25) is 0 Å². The number of para-hydroxylation sites is 1. The molecule has 84 valence electrons. The molecule has 0 atom stereocenters. The SMILES string of the molecule is CCSCCCOc1ccccc1CCl. The summed E-state index contributed by atoms with van der Waals surface area (Å²) in [4.78, 5) is 0. The molecule has 0 unspecified atom stereocenters. The van der Waals surface area contributed by atoms with E-state index in [4.69, 9.17) is 16.3 Å². The normalized spacial score (nSPS) is 10.3. The van der Waals surface area contributed by atoms with Crippen LogP contribution in [-0.4, -0.2) is 18.1 Å². The van der Waals surface area contributed by atoms with E-state index in [0.717, 1.165) is 24.3 Å². The number of rotatable bonds is 7. The second-order valence-electron chi connectivity index (χ2n) is 3.14. The van der Waals surface area contributed by atoms with Crippen molar-refractivity contribution in [1.82, 2.24) is 0 Å². The lowest BCUT2D eigenvalue weighted by Crippen LogP contribution is -2.00. The largest absolute Gasteiger partial charge is 0.493 e. The van der Waals surface area contributed by atoms with Crippen molar-refractivity contribution in [2.75, 3.05) is 18.1 Å². The van der Waals surface area contributed by atoms with Crippen molar-refractivity contribution in [3.63, 3.8) is 0 Å². The highest BCUT2D eigenvalue weighted by atomic mass is 35.5. The molecule has 0 saturated carbocycles. The van der Waals surface area contributed by atoms with Gasteiger partial charge in [-0.1, -0.05) is 25.1 Å². The van der Waals surface area contributed by atoms with Crippen LogP contribution in [0.5, 0.6) is 5.75 Å². The topological polar surface area (TPSA) is 9.23 Å². The van der Waals surface area contributed by atoms with Crippen LogP contribution in [0.25, 0.3) is 0 Å². The lowest BCUT2D eigenvalue weighted by Gasteiger charge is -2.09. The van der Waals surface area contributed by atoms with E-state index in [1.807, 2.05) is 36.0 Å². The first-order valence-corrected chi connectivity index (χ1v) is 6.91. The average Bonchev–Trinajstić information content (AvgIpc) is 2.29. The van der Waals surface area contributed by atoms with Crippen molar-refractivity contribution < 1.29 is 4.74 Å². The summed E-state index contributed by atoms with van der Waals surface area (Å²) in [6, 6.07) is 7.94. The third-order valence-corrected chi connectivity index (χ3v) is 3.28. The zero-order valence-corrected chi connectivity index (χ0v) is 10.6. The van der Waals surface area contributed by atoms with Crippen molar-refractivity contribution in [2.24, 2.45) is 0 Å². The summed E-state index contributed by atoms with van der Waals surface area (Å²) in [5.74, 6) is 3.78. The zero-order valence-electron chi connectivity index (χ0n) is 9.04. The molecule has 0 N–H and O–H groups in total. The predicted molar refractivity (Wildman–Crippen MR) is 69.1 cm³/mol. The molecule has 15 heavy (non-hydrogen) atoms. The van der Waals surface area contributed by atoms with Crippen molar-refractivity contribution in [3.8, 4) is 5.75 Å². The standard InChI is InChI=1S/C12H17ClOS/c1-2-15-9-5-8-14-12-7-4-3-6-11(12)10-13/h3-4,6-7H,2,5,8-10H2,1H3. The minimum absolute atomic E-state index is 0.514. The fraction of sp³-hybridized carbons (Fsp3) is 0.500. The highest BCUT2D eigenvalue weighted by Crippen LogP contribution is 2.19. The summed E-state index contributed by atoms with van der Waals surface area (Å²) in [5, 5.41) is 0. The molecule has 0 spiro atoms. The van der Waals surface area contributed by atoms with E-state index < -0.39 is 0 Å². The van der Waals surface area contributed by atoms with E-state index in [0.29, 0.717) is 5.88 Å². The molecule has 1 aromatic carbocycles. The summed E-state index contributed by atoms with van der Waals surface area (Å²) in [5.41, 5.74) is 1.07. The summed E-state index contributed by atoms with van der Waals surface area (Å²) in [6.45, 7) is 2.95. The molecule has 1 nitrogen and oxygen atoms in total. The monoisotopic (exact) mass is 244 g/mol. The Balaban J connectivity index is 2.30. The molecule has 3 heteroatoms. The first-order chi connectivity index (χ1) is 7.38. The van der Waals surface area contributed by atoms with Gasteiger partial charge in [-0.25, -0.2) is 0 Å². The number of hydrogen-bond donors (Lipinski definition) is 0. The second-order valence-corrected chi connectivity index (χ2v) is 4.80. The van der Waals surface area contributed by atoms with Crippen molar-refractivity contribution >= 4 is 23.4 Å². The van der Waals surface area contributed by atoms with Gasteiger partial charge in [0.1, 0.15) is 5.75 Å². The predicted octanol–water partition coefficient (Wildman–Crippen LogP) is 3.95. The van der Waals surface area contributed by atoms with E-state index >= 15 is 0 Å². The van der Waals surface area contributed by atoms with Gasteiger partial charge in [-0.2, -0.15) is 11.8 Å². The van der Waals surface area contributed by atoms with Gasteiger partial charge in [0.2, 0.25) is 0 Å². The third kappa shape index (κ3) is 4.80. The van der Waals surface area contributed by atoms with Crippen molar-refractivity contribution in [3.05, 3.63) is 29.8 Å². The lowest BCUT2D eigenvalue weighted by molar-refractivity contribution is 0.316. The fourth-order valence-corrected chi connectivity index (χ4v) is 2.07. The molecule has 0 saturated heterocycles. The van der Waals surface area contributed by atoms with Gasteiger partial charge >= 0.3 is 0 Å². The molecule has 0 aliphatic rings. The average molecular weight is 245 g/mol. The Morgan fingerprint density at radius 1 is 1.33 bits per heavy atom. The van der Waals surface area contributed by atoms with Gasteiger partial charge in [-0.15, -0.1) is 11.6 Å². The number of hydrogen-bond acceptors (Lipinski definition) is 2.